The number of rotatable bonds is 5. The molecule has 21 heavy (non-hydrogen) atoms. The molecule has 1 aliphatic rings. The highest BCUT2D eigenvalue weighted by Gasteiger charge is 2.15. The Kier molecular flexibility index (Phi) is 7.87. The number of nitrogens with zero attached hydrogens (tertiary/aromatic N) is 2. The molecule has 1 aromatic rings. The van der Waals surface area contributed by atoms with Crippen LogP contribution in [0.4, 0.5) is 11.4 Å². The Morgan fingerprint density at radius 3 is 2.43 bits per heavy atom. The SMILES string of the molecule is C=CNc1ccc(N2CCN(C)CC2)cc1CNC.CC. The summed E-state index contributed by atoms with van der Waals surface area (Å²) in [4.78, 5) is 4.83. The van der Waals surface area contributed by atoms with Crippen LogP contribution in [0.25, 0.3) is 0 Å². The maximum absolute atomic E-state index is 3.73. The molecule has 4 heteroatoms. The Morgan fingerprint density at radius 1 is 1.19 bits per heavy atom. The molecule has 2 N–H and O–H groups in total. The summed E-state index contributed by atoms with van der Waals surface area (Å²) in [6, 6.07) is 6.60. The van der Waals surface area contributed by atoms with Crippen molar-refractivity contribution in [2.75, 3.05) is 50.5 Å². The van der Waals surface area contributed by atoms with Crippen molar-refractivity contribution in [1.29, 1.82) is 0 Å². The van der Waals surface area contributed by atoms with E-state index in [0.29, 0.717) is 0 Å². The summed E-state index contributed by atoms with van der Waals surface area (Å²) in [5, 5.41) is 6.41. The molecular weight excluding hydrogens is 260 g/mol. The van der Waals surface area contributed by atoms with Crippen molar-refractivity contribution in [3.05, 3.63) is 36.5 Å². The van der Waals surface area contributed by atoms with Crippen LogP contribution in [0.15, 0.2) is 31.0 Å². The second kappa shape index (κ2) is 9.42. The lowest BCUT2D eigenvalue weighted by atomic mass is 10.1. The molecular formula is C17H30N4. The summed E-state index contributed by atoms with van der Waals surface area (Å²) in [6.45, 7) is 13.1. The Hall–Kier alpha value is -1.52. The van der Waals surface area contributed by atoms with Gasteiger partial charge in [0.25, 0.3) is 0 Å². The van der Waals surface area contributed by atoms with Crippen molar-refractivity contribution in [3.63, 3.8) is 0 Å². The number of hydrogen-bond acceptors (Lipinski definition) is 4. The number of anilines is 2. The summed E-state index contributed by atoms with van der Waals surface area (Å²) in [6.07, 6.45) is 1.73. The molecule has 0 saturated carbocycles. The number of piperazine rings is 1. The van der Waals surface area contributed by atoms with Crippen molar-refractivity contribution in [2.45, 2.75) is 20.4 Å². The quantitative estimate of drug-likeness (QED) is 0.873. The lowest BCUT2D eigenvalue weighted by Crippen LogP contribution is -2.44. The normalized spacial score (nSPS) is 15.1. The van der Waals surface area contributed by atoms with E-state index in [0.717, 1.165) is 38.4 Å². The minimum atomic E-state index is 0.859. The summed E-state index contributed by atoms with van der Waals surface area (Å²) in [7, 11) is 4.15. The van der Waals surface area contributed by atoms with Gasteiger partial charge in [0.2, 0.25) is 0 Å². The fraction of sp³-hybridized carbons (Fsp3) is 0.529. The molecule has 1 aromatic carbocycles. The summed E-state index contributed by atoms with van der Waals surface area (Å²) in [5.41, 5.74) is 3.72. The van der Waals surface area contributed by atoms with Crippen LogP contribution < -0.4 is 15.5 Å². The highest BCUT2D eigenvalue weighted by molar-refractivity contribution is 5.61. The minimum absolute atomic E-state index is 0.859. The molecule has 4 nitrogen and oxygen atoms in total. The molecule has 0 aliphatic carbocycles. The monoisotopic (exact) mass is 290 g/mol. The molecule has 0 aromatic heterocycles. The van der Waals surface area contributed by atoms with Crippen LogP contribution in [0.3, 0.4) is 0 Å². The highest BCUT2D eigenvalue weighted by Crippen LogP contribution is 2.24. The highest BCUT2D eigenvalue weighted by atomic mass is 15.2. The van der Waals surface area contributed by atoms with Gasteiger partial charge < -0.3 is 20.4 Å². The zero-order valence-corrected chi connectivity index (χ0v) is 13.9. The first kappa shape index (κ1) is 17.5. The second-order valence-electron chi connectivity index (χ2n) is 5.01. The Bertz CT molecular complexity index is 423. The van der Waals surface area contributed by atoms with Crippen molar-refractivity contribution in [2.24, 2.45) is 0 Å². The maximum Gasteiger partial charge on any atom is 0.0426 e. The second-order valence-corrected chi connectivity index (χ2v) is 5.01. The Labute approximate surface area is 129 Å². The Balaban J connectivity index is 0.00000106. The minimum Gasteiger partial charge on any atom is -0.369 e. The van der Waals surface area contributed by atoms with Gasteiger partial charge >= 0.3 is 0 Å². The van der Waals surface area contributed by atoms with Crippen LogP contribution >= 0.6 is 0 Å². The average Bonchev–Trinajstić information content (AvgIpc) is 2.52. The third-order valence-corrected chi connectivity index (χ3v) is 3.58. The number of nitrogens with one attached hydrogen (secondary N) is 2. The fourth-order valence-corrected chi connectivity index (χ4v) is 2.43. The third-order valence-electron chi connectivity index (χ3n) is 3.58. The van der Waals surface area contributed by atoms with Gasteiger partial charge in [-0.15, -0.1) is 0 Å². The average molecular weight is 290 g/mol. The molecule has 1 fully saturated rings. The lowest BCUT2D eigenvalue weighted by Gasteiger charge is -2.34. The zero-order chi connectivity index (χ0) is 15.7. The van der Waals surface area contributed by atoms with Crippen LogP contribution in [0.5, 0.6) is 0 Å². The van der Waals surface area contributed by atoms with Gasteiger partial charge in [0.05, 0.1) is 0 Å². The number of likely N-dealkylation sites (N-methyl/N-ethyl adjacent to an activating group) is 1. The van der Waals surface area contributed by atoms with E-state index in [4.69, 9.17) is 0 Å². The largest absolute Gasteiger partial charge is 0.369 e. The van der Waals surface area contributed by atoms with E-state index >= 15 is 0 Å². The van der Waals surface area contributed by atoms with Crippen LogP contribution in [-0.2, 0) is 6.54 Å². The van der Waals surface area contributed by atoms with E-state index in [1.165, 1.54) is 11.3 Å². The first-order chi connectivity index (χ1) is 10.2. The van der Waals surface area contributed by atoms with Crippen LogP contribution in [0.1, 0.15) is 19.4 Å². The topological polar surface area (TPSA) is 30.5 Å². The maximum atomic E-state index is 3.73. The van der Waals surface area contributed by atoms with Crippen molar-refractivity contribution >= 4 is 11.4 Å². The molecule has 118 valence electrons. The van der Waals surface area contributed by atoms with Gasteiger partial charge in [-0.2, -0.15) is 0 Å². The lowest BCUT2D eigenvalue weighted by molar-refractivity contribution is 0.313. The van der Waals surface area contributed by atoms with E-state index in [-0.39, 0.29) is 0 Å². The summed E-state index contributed by atoms with van der Waals surface area (Å²) >= 11 is 0. The molecule has 0 unspecified atom stereocenters. The van der Waals surface area contributed by atoms with Crippen molar-refractivity contribution in [1.82, 2.24) is 10.2 Å². The zero-order valence-electron chi connectivity index (χ0n) is 13.9. The molecule has 1 heterocycles. The number of benzene rings is 1. The van der Waals surface area contributed by atoms with E-state index in [2.05, 4.69) is 52.3 Å². The molecule has 2 rings (SSSR count). The van der Waals surface area contributed by atoms with Gasteiger partial charge in [0.15, 0.2) is 0 Å². The summed E-state index contributed by atoms with van der Waals surface area (Å²) in [5.74, 6) is 0. The standard InChI is InChI=1S/C15H24N4.C2H6/c1-4-17-15-6-5-14(11-13(15)12-16-2)19-9-7-18(3)8-10-19;1-2/h4-6,11,16-17H,1,7-10,12H2,2-3H3;1-2H3. The van der Waals surface area contributed by atoms with Crippen molar-refractivity contribution in [3.8, 4) is 0 Å². The first-order valence-electron chi connectivity index (χ1n) is 7.83. The van der Waals surface area contributed by atoms with Crippen molar-refractivity contribution < 1.29 is 0 Å². The fourth-order valence-electron chi connectivity index (χ4n) is 2.43. The molecule has 0 amide bonds. The molecule has 1 saturated heterocycles. The smallest absolute Gasteiger partial charge is 0.0426 e. The van der Waals surface area contributed by atoms with Gasteiger partial charge in [-0.1, -0.05) is 20.4 Å². The van der Waals surface area contributed by atoms with E-state index < -0.39 is 0 Å². The Morgan fingerprint density at radius 2 is 1.86 bits per heavy atom. The van der Waals surface area contributed by atoms with E-state index in [1.54, 1.807) is 6.20 Å². The van der Waals surface area contributed by atoms with Crippen LogP contribution in [-0.4, -0.2) is 45.2 Å². The predicted molar refractivity (Wildman–Crippen MR) is 94.1 cm³/mol. The van der Waals surface area contributed by atoms with Crippen LogP contribution in [0.2, 0.25) is 0 Å². The third kappa shape index (κ3) is 5.06. The first-order valence-corrected chi connectivity index (χ1v) is 7.83. The summed E-state index contributed by atoms with van der Waals surface area (Å²) < 4.78 is 0. The van der Waals surface area contributed by atoms with Gasteiger partial charge in [-0.05, 0) is 44.1 Å². The van der Waals surface area contributed by atoms with Gasteiger partial charge in [-0.25, -0.2) is 0 Å². The van der Waals surface area contributed by atoms with Gasteiger partial charge in [0.1, 0.15) is 0 Å². The molecule has 0 spiro atoms. The number of hydrogen-bond donors (Lipinski definition) is 2. The predicted octanol–water partition coefficient (Wildman–Crippen LogP) is 2.74. The molecule has 0 atom stereocenters. The molecule has 0 radical (unpaired) electrons. The molecule has 0 bridgehead atoms. The molecule has 1 aliphatic heterocycles. The van der Waals surface area contributed by atoms with Gasteiger partial charge in [-0.3, -0.25) is 0 Å². The van der Waals surface area contributed by atoms with E-state index in [9.17, 15) is 0 Å². The van der Waals surface area contributed by atoms with E-state index in [1.807, 2.05) is 20.9 Å². The van der Waals surface area contributed by atoms with Gasteiger partial charge in [0, 0.05) is 44.1 Å². The van der Waals surface area contributed by atoms with Crippen LogP contribution in [0, 0.1) is 0 Å².